The van der Waals surface area contributed by atoms with Gasteiger partial charge < -0.3 is 10.4 Å². The number of nitrogens with zero attached hydrogens (tertiary/aromatic N) is 1. The van der Waals surface area contributed by atoms with Crippen LogP contribution in [0.2, 0.25) is 0 Å². The van der Waals surface area contributed by atoms with Crippen molar-refractivity contribution in [2.45, 2.75) is 43.8 Å². The van der Waals surface area contributed by atoms with E-state index in [1.165, 1.54) is 12.8 Å². The zero-order valence-corrected chi connectivity index (χ0v) is 8.79. The van der Waals surface area contributed by atoms with Crippen LogP contribution in [-0.2, 0) is 4.79 Å². The van der Waals surface area contributed by atoms with Crippen molar-refractivity contribution in [2.24, 2.45) is 0 Å². The number of hydrogen-bond acceptors (Lipinski definition) is 3. The summed E-state index contributed by atoms with van der Waals surface area (Å²) in [6, 6.07) is 1.05. The van der Waals surface area contributed by atoms with E-state index in [4.69, 9.17) is 0 Å². The average Bonchev–Trinajstić information content (AvgIpc) is 2.91. The van der Waals surface area contributed by atoms with Crippen LogP contribution < -0.4 is 5.32 Å². The van der Waals surface area contributed by atoms with Crippen LogP contribution in [0.4, 0.5) is 0 Å². The number of hydrogen-bond donors (Lipinski definition) is 2. The second kappa shape index (κ2) is 3.21. The van der Waals surface area contributed by atoms with Gasteiger partial charge in [0.2, 0.25) is 0 Å². The van der Waals surface area contributed by atoms with Gasteiger partial charge in [-0.1, -0.05) is 0 Å². The number of carboxylic acid groups (broad SMARTS) is 1. The van der Waals surface area contributed by atoms with E-state index in [0.29, 0.717) is 18.6 Å². The first-order valence-electron chi connectivity index (χ1n) is 5.27. The molecular formula is C10H18N2O2. The van der Waals surface area contributed by atoms with Gasteiger partial charge in [-0.15, -0.1) is 0 Å². The van der Waals surface area contributed by atoms with E-state index in [-0.39, 0.29) is 0 Å². The lowest BCUT2D eigenvalue weighted by atomic mass is 9.97. The molecule has 2 rings (SSSR count). The fourth-order valence-electron chi connectivity index (χ4n) is 2.49. The molecule has 1 saturated carbocycles. The first kappa shape index (κ1) is 9.93. The molecule has 0 aromatic heterocycles. The maximum absolute atomic E-state index is 11.2. The van der Waals surface area contributed by atoms with Crippen molar-refractivity contribution in [2.75, 3.05) is 13.6 Å². The third kappa shape index (κ3) is 1.42. The largest absolute Gasteiger partial charge is 0.480 e. The molecule has 1 aliphatic heterocycles. The number of rotatable bonds is 3. The average molecular weight is 198 g/mol. The van der Waals surface area contributed by atoms with E-state index in [2.05, 4.69) is 17.1 Å². The van der Waals surface area contributed by atoms with E-state index in [0.717, 1.165) is 6.42 Å². The maximum atomic E-state index is 11.2. The highest BCUT2D eigenvalue weighted by Crippen LogP contribution is 2.37. The Morgan fingerprint density at radius 3 is 2.57 bits per heavy atom. The fourth-order valence-corrected chi connectivity index (χ4v) is 2.49. The summed E-state index contributed by atoms with van der Waals surface area (Å²) < 4.78 is 0. The Labute approximate surface area is 84.3 Å². The standard InChI is InChI=1S/C10H18N2O2/c1-7-5-10(11-2,9(13)14)6-12(7)8-3-4-8/h7-8,11H,3-6H2,1-2H3,(H,13,14). The molecule has 0 spiro atoms. The van der Waals surface area contributed by atoms with Gasteiger partial charge in [-0.2, -0.15) is 0 Å². The number of carboxylic acids is 1. The van der Waals surface area contributed by atoms with Crippen molar-refractivity contribution in [3.05, 3.63) is 0 Å². The minimum absolute atomic E-state index is 0.394. The second-order valence-electron chi connectivity index (χ2n) is 4.59. The van der Waals surface area contributed by atoms with E-state index >= 15 is 0 Å². The summed E-state index contributed by atoms with van der Waals surface area (Å²) in [6.45, 7) is 2.78. The van der Waals surface area contributed by atoms with Crippen molar-refractivity contribution < 1.29 is 9.90 Å². The molecule has 4 heteroatoms. The van der Waals surface area contributed by atoms with Crippen LogP contribution in [0.15, 0.2) is 0 Å². The molecule has 0 aromatic carbocycles. The predicted molar refractivity (Wildman–Crippen MR) is 53.2 cm³/mol. The second-order valence-corrected chi connectivity index (χ2v) is 4.59. The third-order valence-corrected chi connectivity index (χ3v) is 3.57. The summed E-state index contributed by atoms with van der Waals surface area (Å²) in [5.41, 5.74) is -0.706. The molecule has 0 aromatic rings. The highest BCUT2D eigenvalue weighted by molar-refractivity contribution is 5.79. The highest BCUT2D eigenvalue weighted by atomic mass is 16.4. The first-order valence-corrected chi connectivity index (χ1v) is 5.27. The molecule has 4 nitrogen and oxygen atoms in total. The number of aliphatic carboxylic acids is 1. The van der Waals surface area contributed by atoms with Crippen molar-refractivity contribution in [3.8, 4) is 0 Å². The molecule has 1 saturated heterocycles. The molecule has 0 amide bonds. The Kier molecular flexibility index (Phi) is 2.27. The Hall–Kier alpha value is -0.610. The van der Waals surface area contributed by atoms with Gasteiger partial charge in [0, 0.05) is 18.6 Å². The summed E-state index contributed by atoms with van der Waals surface area (Å²) in [7, 11) is 1.75. The topological polar surface area (TPSA) is 52.6 Å². The normalized spacial score (nSPS) is 38.9. The van der Waals surface area contributed by atoms with Crippen LogP contribution in [0, 0.1) is 0 Å². The fraction of sp³-hybridized carbons (Fsp3) is 0.900. The lowest BCUT2D eigenvalue weighted by Gasteiger charge is -2.24. The zero-order chi connectivity index (χ0) is 10.3. The molecule has 0 bridgehead atoms. The lowest BCUT2D eigenvalue weighted by Crippen LogP contribution is -2.52. The van der Waals surface area contributed by atoms with E-state index in [1.54, 1.807) is 7.05 Å². The highest BCUT2D eigenvalue weighted by Gasteiger charge is 2.50. The van der Waals surface area contributed by atoms with Crippen molar-refractivity contribution in [1.82, 2.24) is 10.2 Å². The summed E-state index contributed by atoms with van der Waals surface area (Å²) in [5.74, 6) is -0.713. The first-order chi connectivity index (χ1) is 6.59. The Balaban J connectivity index is 2.12. The van der Waals surface area contributed by atoms with Gasteiger partial charge in [0.25, 0.3) is 0 Å². The molecule has 2 N–H and O–H groups in total. The summed E-state index contributed by atoms with van der Waals surface area (Å²) in [6.07, 6.45) is 3.20. The van der Waals surface area contributed by atoms with Crippen molar-refractivity contribution in [3.63, 3.8) is 0 Å². The molecule has 2 fully saturated rings. The van der Waals surface area contributed by atoms with Gasteiger partial charge in [-0.3, -0.25) is 9.69 Å². The minimum Gasteiger partial charge on any atom is -0.480 e. The molecular weight excluding hydrogens is 180 g/mol. The van der Waals surface area contributed by atoms with Crippen LogP contribution in [0.25, 0.3) is 0 Å². The van der Waals surface area contributed by atoms with Gasteiger partial charge in [0.1, 0.15) is 5.54 Å². The number of likely N-dealkylation sites (N-methyl/N-ethyl adjacent to an activating group) is 1. The van der Waals surface area contributed by atoms with Gasteiger partial charge >= 0.3 is 5.97 Å². The van der Waals surface area contributed by atoms with Gasteiger partial charge in [0.15, 0.2) is 0 Å². The quantitative estimate of drug-likeness (QED) is 0.684. The van der Waals surface area contributed by atoms with E-state index in [1.807, 2.05) is 0 Å². The number of carbonyl (C=O) groups is 1. The molecule has 2 unspecified atom stereocenters. The monoisotopic (exact) mass is 198 g/mol. The van der Waals surface area contributed by atoms with Crippen LogP contribution in [0.3, 0.4) is 0 Å². The maximum Gasteiger partial charge on any atom is 0.325 e. The van der Waals surface area contributed by atoms with Crippen LogP contribution in [0.1, 0.15) is 26.2 Å². The number of nitrogens with one attached hydrogen (secondary N) is 1. The summed E-state index contributed by atoms with van der Waals surface area (Å²) in [4.78, 5) is 13.5. The summed E-state index contributed by atoms with van der Waals surface area (Å²) >= 11 is 0. The SMILES string of the molecule is CNC1(C(=O)O)CC(C)N(C2CC2)C1. The van der Waals surface area contributed by atoms with E-state index < -0.39 is 11.5 Å². The predicted octanol–water partition coefficient (Wildman–Crippen LogP) is 0.286. The molecule has 2 atom stereocenters. The molecule has 1 heterocycles. The van der Waals surface area contributed by atoms with Crippen LogP contribution >= 0.6 is 0 Å². The molecule has 0 radical (unpaired) electrons. The van der Waals surface area contributed by atoms with Crippen LogP contribution in [-0.4, -0.2) is 47.2 Å². The van der Waals surface area contributed by atoms with Crippen LogP contribution in [0.5, 0.6) is 0 Å². The number of likely N-dealkylation sites (tertiary alicyclic amines) is 1. The van der Waals surface area contributed by atoms with Crippen molar-refractivity contribution >= 4 is 5.97 Å². The molecule has 2 aliphatic rings. The zero-order valence-electron chi connectivity index (χ0n) is 8.79. The van der Waals surface area contributed by atoms with Gasteiger partial charge in [0.05, 0.1) is 0 Å². The lowest BCUT2D eigenvalue weighted by molar-refractivity contribution is -0.144. The smallest absolute Gasteiger partial charge is 0.325 e. The molecule has 14 heavy (non-hydrogen) atoms. The summed E-state index contributed by atoms with van der Waals surface area (Å²) in [5, 5.41) is 12.2. The Bertz CT molecular complexity index is 253. The van der Waals surface area contributed by atoms with Crippen molar-refractivity contribution in [1.29, 1.82) is 0 Å². The van der Waals surface area contributed by atoms with Gasteiger partial charge in [-0.25, -0.2) is 0 Å². The minimum atomic E-state index is -0.713. The Morgan fingerprint density at radius 1 is 1.57 bits per heavy atom. The van der Waals surface area contributed by atoms with Gasteiger partial charge in [-0.05, 0) is 33.2 Å². The molecule has 80 valence electrons. The molecule has 1 aliphatic carbocycles. The van der Waals surface area contributed by atoms with E-state index in [9.17, 15) is 9.90 Å². The Morgan fingerprint density at radius 2 is 2.21 bits per heavy atom. The third-order valence-electron chi connectivity index (χ3n) is 3.57.